The zero-order chi connectivity index (χ0) is 18.6. The maximum Gasteiger partial charge on any atom is 0.242 e. The number of carbonyl (C=O) groups excluding carboxylic acids is 1. The van der Waals surface area contributed by atoms with Crippen LogP contribution in [0.3, 0.4) is 0 Å². The first-order valence-electron chi connectivity index (χ1n) is 8.79. The minimum absolute atomic E-state index is 0.105. The Morgan fingerprint density at radius 3 is 2.52 bits per heavy atom. The summed E-state index contributed by atoms with van der Waals surface area (Å²) in [5.74, 6) is 0.627. The van der Waals surface area contributed by atoms with Gasteiger partial charge in [0.05, 0.1) is 11.4 Å². The first-order chi connectivity index (χ1) is 11.7. The summed E-state index contributed by atoms with van der Waals surface area (Å²) < 4.78 is 26.0. The molecule has 1 aliphatic rings. The van der Waals surface area contributed by atoms with Crippen molar-refractivity contribution < 1.29 is 13.2 Å². The van der Waals surface area contributed by atoms with Crippen molar-refractivity contribution >= 4 is 21.6 Å². The van der Waals surface area contributed by atoms with Crippen molar-refractivity contribution in [3.63, 3.8) is 0 Å². The number of aryl methyl sites for hydroxylation is 1. The summed E-state index contributed by atoms with van der Waals surface area (Å²) in [4.78, 5) is 14.8. The highest BCUT2D eigenvalue weighted by molar-refractivity contribution is 7.89. The monoisotopic (exact) mass is 367 g/mol. The maximum atomic E-state index is 12.4. The Morgan fingerprint density at radius 1 is 1.28 bits per heavy atom. The molecule has 1 aliphatic carbocycles. The highest BCUT2D eigenvalue weighted by atomic mass is 32.2. The van der Waals surface area contributed by atoms with Crippen molar-refractivity contribution in [3.8, 4) is 0 Å². The molecule has 1 amide bonds. The Labute approximate surface area is 151 Å². The van der Waals surface area contributed by atoms with Gasteiger partial charge in [0.15, 0.2) is 0 Å². The summed E-state index contributed by atoms with van der Waals surface area (Å²) in [6, 6.07) is 5.00. The Hall–Kier alpha value is -1.44. The zero-order valence-corrected chi connectivity index (χ0v) is 16.4. The van der Waals surface area contributed by atoms with Gasteiger partial charge < -0.3 is 5.32 Å². The number of nitrogens with zero attached hydrogens (tertiary/aromatic N) is 2. The lowest BCUT2D eigenvalue weighted by Crippen LogP contribution is -2.35. The van der Waals surface area contributed by atoms with E-state index in [0.717, 1.165) is 25.4 Å². The SMILES string of the molecule is CCCN(CC(=O)Nc1ccc(C)c(S(=O)(=O)N(C)C)c1)CC1CC1. The van der Waals surface area contributed by atoms with E-state index in [1.54, 1.807) is 19.1 Å². The van der Waals surface area contributed by atoms with Crippen molar-refractivity contribution in [2.24, 2.45) is 5.92 Å². The van der Waals surface area contributed by atoms with Gasteiger partial charge in [0, 0.05) is 26.3 Å². The molecule has 0 unspecified atom stereocenters. The average Bonchev–Trinajstić information content (AvgIpc) is 3.33. The highest BCUT2D eigenvalue weighted by Gasteiger charge is 2.25. The fourth-order valence-electron chi connectivity index (χ4n) is 2.77. The molecule has 1 aromatic carbocycles. The summed E-state index contributed by atoms with van der Waals surface area (Å²) in [5, 5.41) is 2.84. The number of amides is 1. The van der Waals surface area contributed by atoms with Crippen LogP contribution in [0.25, 0.3) is 0 Å². The molecule has 0 heterocycles. The highest BCUT2D eigenvalue weighted by Crippen LogP contribution is 2.29. The largest absolute Gasteiger partial charge is 0.325 e. The summed E-state index contributed by atoms with van der Waals surface area (Å²) in [6.07, 6.45) is 3.52. The molecule has 0 aromatic heterocycles. The molecule has 0 bridgehead atoms. The van der Waals surface area contributed by atoms with Crippen LogP contribution in [0.15, 0.2) is 23.1 Å². The van der Waals surface area contributed by atoms with Gasteiger partial charge in [-0.15, -0.1) is 0 Å². The predicted molar refractivity (Wildman–Crippen MR) is 100 cm³/mol. The van der Waals surface area contributed by atoms with E-state index in [1.807, 2.05) is 0 Å². The van der Waals surface area contributed by atoms with Gasteiger partial charge in [-0.25, -0.2) is 12.7 Å². The molecule has 6 nitrogen and oxygen atoms in total. The van der Waals surface area contributed by atoms with Gasteiger partial charge in [-0.05, 0) is 56.3 Å². The van der Waals surface area contributed by atoms with Crippen molar-refractivity contribution in [1.82, 2.24) is 9.21 Å². The van der Waals surface area contributed by atoms with Crippen LogP contribution in [0.1, 0.15) is 31.7 Å². The zero-order valence-electron chi connectivity index (χ0n) is 15.6. The average molecular weight is 368 g/mol. The number of hydrogen-bond donors (Lipinski definition) is 1. The Morgan fingerprint density at radius 2 is 1.96 bits per heavy atom. The van der Waals surface area contributed by atoms with Crippen LogP contribution >= 0.6 is 0 Å². The summed E-state index contributed by atoms with van der Waals surface area (Å²) in [7, 11) is -0.532. The van der Waals surface area contributed by atoms with E-state index in [0.29, 0.717) is 17.8 Å². The first-order valence-corrected chi connectivity index (χ1v) is 10.2. The molecule has 0 saturated heterocycles. The summed E-state index contributed by atoms with van der Waals surface area (Å²) in [5.41, 5.74) is 1.17. The number of benzene rings is 1. The van der Waals surface area contributed by atoms with Crippen molar-refractivity contribution in [2.75, 3.05) is 39.0 Å². The fourth-order valence-corrected chi connectivity index (χ4v) is 3.92. The van der Waals surface area contributed by atoms with E-state index in [-0.39, 0.29) is 10.8 Å². The molecule has 0 aliphatic heterocycles. The van der Waals surface area contributed by atoms with Gasteiger partial charge in [-0.2, -0.15) is 0 Å². The number of nitrogens with one attached hydrogen (secondary N) is 1. The lowest BCUT2D eigenvalue weighted by molar-refractivity contribution is -0.117. The van der Waals surface area contributed by atoms with Crippen LogP contribution < -0.4 is 5.32 Å². The Kier molecular flexibility index (Phi) is 6.59. The van der Waals surface area contributed by atoms with Gasteiger partial charge >= 0.3 is 0 Å². The number of anilines is 1. The normalized spacial score (nSPS) is 15.0. The number of hydrogen-bond acceptors (Lipinski definition) is 4. The van der Waals surface area contributed by atoms with Crippen LogP contribution in [-0.4, -0.2) is 57.3 Å². The smallest absolute Gasteiger partial charge is 0.242 e. The third-order valence-electron chi connectivity index (χ3n) is 4.35. The molecular formula is C18H29N3O3S. The number of sulfonamides is 1. The van der Waals surface area contributed by atoms with Crippen LogP contribution in [-0.2, 0) is 14.8 Å². The summed E-state index contributed by atoms with van der Waals surface area (Å²) >= 11 is 0. The van der Waals surface area contributed by atoms with Crippen molar-refractivity contribution in [1.29, 1.82) is 0 Å². The number of rotatable bonds is 9. The van der Waals surface area contributed by atoms with E-state index < -0.39 is 10.0 Å². The third-order valence-corrected chi connectivity index (χ3v) is 6.31. The molecule has 7 heteroatoms. The molecule has 0 atom stereocenters. The van der Waals surface area contributed by atoms with Crippen LogP contribution in [0.2, 0.25) is 0 Å². The molecule has 1 fully saturated rings. The predicted octanol–water partition coefficient (Wildman–Crippen LogP) is 2.31. The second kappa shape index (κ2) is 8.29. The van der Waals surface area contributed by atoms with E-state index in [9.17, 15) is 13.2 Å². The quantitative estimate of drug-likeness (QED) is 0.727. The summed E-state index contributed by atoms with van der Waals surface area (Å²) in [6.45, 7) is 6.07. The molecule has 1 N–H and O–H groups in total. The fraction of sp³-hybridized carbons (Fsp3) is 0.611. The second-order valence-corrected chi connectivity index (χ2v) is 9.11. The van der Waals surface area contributed by atoms with Crippen molar-refractivity contribution in [2.45, 2.75) is 38.0 Å². The van der Waals surface area contributed by atoms with Gasteiger partial charge in [0.25, 0.3) is 0 Å². The van der Waals surface area contributed by atoms with Crippen molar-refractivity contribution in [3.05, 3.63) is 23.8 Å². The van der Waals surface area contributed by atoms with Gasteiger partial charge in [-0.1, -0.05) is 13.0 Å². The molecule has 25 heavy (non-hydrogen) atoms. The third kappa shape index (κ3) is 5.52. The number of carbonyl (C=O) groups is 1. The van der Waals surface area contributed by atoms with Gasteiger partial charge in [0.2, 0.25) is 15.9 Å². The molecule has 0 spiro atoms. The minimum atomic E-state index is -3.53. The Balaban J connectivity index is 2.07. The molecule has 0 radical (unpaired) electrons. The molecule has 140 valence electrons. The van der Waals surface area contributed by atoms with Crippen LogP contribution in [0, 0.1) is 12.8 Å². The maximum absolute atomic E-state index is 12.4. The van der Waals surface area contributed by atoms with E-state index in [1.165, 1.54) is 37.3 Å². The van der Waals surface area contributed by atoms with Crippen LogP contribution in [0.5, 0.6) is 0 Å². The van der Waals surface area contributed by atoms with Gasteiger partial charge in [-0.3, -0.25) is 9.69 Å². The van der Waals surface area contributed by atoms with Gasteiger partial charge in [0.1, 0.15) is 0 Å². The molecule has 1 aromatic rings. The lowest BCUT2D eigenvalue weighted by atomic mass is 10.2. The minimum Gasteiger partial charge on any atom is -0.325 e. The second-order valence-electron chi connectivity index (χ2n) is 6.99. The van der Waals surface area contributed by atoms with E-state index >= 15 is 0 Å². The molecule has 2 rings (SSSR count). The van der Waals surface area contributed by atoms with E-state index in [2.05, 4.69) is 17.1 Å². The topological polar surface area (TPSA) is 69.7 Å². The standard InChI is InChI=1S/C18H29N3O3S/c1-5-10-21(12-15-7-8-15)13-18(22)19-16-9-6-14(2)17(11-16)25(23,24)20(3)4/h6,9,11,15H,5,7-8,10,12-13H2,1-4H3,(H,19,22). The molecular weight excluding hydrogens is 338 g/mol. The van der Waals surface area contributed by atoms with E-state index in [4.69, 9.17) is 0 Å². The molecule has 1 saturated carbocycles. The first kappa shape index (κ1) is 19.9. The van der Waals surface area contributed by atoms with Crippen LogP contribution in [0.4, 0.5) is 5.69 Å². The Bertz CT molecular complexity index is 712. The lowest BCUT2D eigenvalue weighted by Gasteiger charge is -2.21.